The van der Waals surface area contributed by atoms with Crippen LogP contribution in [0.15, 0.2) is 23.1 Å². The molecule has 1 saturated carbocycles. The number of aromatic carboxylic acids is 1. The number of nitrogens with zero attached hydrogens (tertiary/aromatic N) is 2. The second-order valence-corrected chi connectivity index (χ2v) is 4.96. The first-order valence-corrected chi connectivity index (χ1v) is 6.14. The van der Waals surface area contributed by atoms with Gasteiger partial charge in [0.1, 0.15) is 0 Å². The molecule has 0 radical (unpaired) electrons. The molecule has 1 aromatic heterocycles. The summed E-state index contributed by atoms with van der Waals surface area (Å²) in [6.07, 6.45) is 3.84. The molecule has 1 aliphatic carbocycles. The molecule has 0 bridgehead atoms. The molecule has 18 heavy (non-hydrogen) atoms. The zero-order valence-electron chi connectivity index (χ0n) is 10.7. The molecule has 1 fully saturated rings. The predicted octanol–water partition coefficient (Wildman–Crippen LogP) is 1.03. The second kappa shape index (κ2) is 4.94. The first-order chi connectivity index (χ1) is 8.49. The number of pyridine rings is 1. The molecule has 0 saturated heterocycles. The standard InChI is InChI=1S/C13H18N2O3/c1-9(14(2)11-4-5-11)7-15-8-10(13(17)18)3-6-12(15)16/h3,6,8-9,11H,4-5,7H2,1-2H3,(H,17,18). The van der Waals surface area contributed by atoms with E-state index >= 15 is 0 Å². The maximum absolute atomic E-state index is 11.7. The van der Waals surface area contributed by atoms with Gasteiger partial charge in [0.05, 0.1) is 5.56 Å². The first-order valence-electron chi connectivity index (χ1n) is 6.14. The van der Waals surface area contributed by atoms with Crippen LogP contribution in [0.3, 0.4) is 0 Å². The van der Waals surface area contributed by atoms with Gasteiger partial charge in [-0.15, -0.1) is 0 Å². The van der Waals surface area contributed by atoms with E-state index in [1.807, 2.05) is 0 Å². The van der Waals surface area contributed by atoms with E-state index in [0.717, 1.165) is 0 Å². The Morgan fingerprint density at radius 1 is 1.56 bits per heavy atom. The molecule has 1 heterocycles. The number of hydrogen-bond donors (Lipinski definition) is 1. The minimum atomic E-state index is -1.01. The molecule has 1 unspecified atom stereocenters. The van der Waals surface area contributed by atoms with Crippen molar-refractivity contribution >= 4 is 5.97 Å². The van der Waals surface area contributed by atoms with Crippen LogP contribution < -0.4 is 5.56 Å². The van der Waals surface area contributed by atoms with Crippen molar-refractivity contribution in [2.75, 3.05) is 7.05 Å². The zero-order valence-corrected chi connectivity index (χ0v) is 10.7. The van der Waals surface area contributed by atoms with E-state index < -0.39 is 5.97 Å². The Morgan fingerprint density at radius 2 is 2.22 bits per heavy atom. The molecular formula is C13H18N2O3. The van der Waals surface area contributed by atoms with Crippen LogP contribution in [-0.2, 0) is 6.54 Å². The van der Waals surface area contributed by atoms with Crippen LogP contribution in [0, 0.1) is 0 Å². The Balaban J connectivity index is 2.14. The summed E-state index contributed by atoms with van der Waals surface area (Å²) in [6.45, 7) is 2.57. The van der Waals surface area contributed by atoms with Gasteiger partial charge in [-0.1, -0.05) is 0 Å². The SMILES string of the molecule is CC(Cn1cc(C(=O)O)ccc1=O)N(C)C1CC1. The third kappa shape index (κ3) is 2.79. The van der Waals surface area contributed by atoms with Crippen molar-refractivity contribution in [1.82, 2.24) is 9.47 Å². The van der Waals surface area contributed by atoms with Gasteiger partial charge in [-0.2, -0.15) is 0 Å². The van der Waals surface area contributed by atoms with Crippen molar-refractivity contribution in [1.29, 1.82) is 0 Å². The van der Waals surface area contributed by atoms with Crippen molar-refractivity contribution < 1.29 is 9.90 Å². The summed E-state index contributed by atoms with van der Waals surface area (Å²) in [7, 11) is 2.05. The molecule has 1 N–H and O–H groups in total. The smallest absolute Gasteiger partial charge is 0.337 e. The van der Waals surface area contributed by atoms with Gasteiger partial charge in [-0.05, 0) is 32.9 Å². The number of aromatic nitrogens is 1. The lowest BCUT2D eigenvalue weighted by Crippen LogP contribution is -2.37. The Morgan fingerprint density at radius 3 is 2.78 bits per heavy atom. The summed E-state index contributed by atoms with van der Waals surface area (Å²) in [5.41, 5.74) is -0.00748. The number of carbonyl (C=O) groups is 1. The van der Waals surface area contributed by atoms with Crippen molar-refractivity contribution in [2.24, 2.45) is 0 Å². The van der Waals surface area contributed by atoms with Crippen LogP contribution >= 0.6 is 0 Å². The average molecular weight is 250 g/mol. The lowest BCUT2D eigenvalue weighted by atomic mass is 10.2. The molecule has 0 aromatic carbocycles. The van der Waals surface area contributed by atoms with E-state index in [9.17, 15) is 9.59 Å². The highest BCUT2D eigenvalue weighted by Crippen LogP contribution is 2.27. The third-order valence-electron chi connectivity index (χ3n) is 3.51. The van der Waals surface area contributed by atoms with Crippen LogP contribution in [0.1, 0.15) is 30.1 Å². The van der Waals surface area contributed by atoms with Crippen LogP contribution in [0.4, 0.5) is 0 Å². The lowest BCUT2D eigenvalue weighted by molar-refractivity contribution is 0.0695. The first kappa shape index (κ1) is 12.8. The fraction of sp³-hybridized carbons (Fsp3) is 0.538. The number of carboxylic acids is 1. The molecule has 0 amide bonds. The van der Waals surface area contributed by atoms with Gasteiger partial charge < -0.3 is 9.67 Å². The van der Waals surface area contributed by atoms with Gasteiger partial charge in [-0.3, -0.25) is 9.69 Å². The van der Waals surface area contributed by atoms with Crippen LogP contribution in [0.5, 0.6) is 0 Å². The maximum atomic E-state index is 11.7. The lowest BCUT2D eigenvalue weighted by Gasteiger charge is -2.25. The average Bonchev–Trinajstić information content (AvgIpc) is 3.14. The van der Waals surface area contributed by atoms with E-state index in [1.54, 1.807) is 0 Å². The molecule has 2 rings (SSSR count). The highest BCUT2D eigenvalue weighted by molar-refractivity contribution is 5.87. The monoisotopic (exact) mass is 250 g/mol. The van der Waals surface area contributed by atoms with E-state index in [0.29, 0.717) is 12.6 Å². The van der Waals surface area contributed by atoms with Crippen molar-refractivity contribution in [3.8, 4) is 0 Å². The van der Waals surface area contributed by atoms with Gasteiger partial charge in [0.2, 0.25) is 0 Å². The molecule has 5 heteroatoms. The van der Waals surface area contributed by atoms with Gasteiger partial charge in [0.15, 0.2) is 0 Å². The largest absolute Gasteiger partial charge is 0.478 e. The van der Waals surface area contributed by atoms with Gasteiger partial charge >= 0.3 is 5.97 Å². The summed E-state index contributed by atoms with van der Waals surface area (Å²) >= 11 is 0. The molecule has 98 valence electrons. The predicted molar refractivity (Wildman–Crippen MR) is 67.9 cm³/mol. The quantitative estimate of drug-likeness (QED) is 0.847. The normalized spacial score (nSPS) is 16.8. The molecule has 1 aromatic rings. The fourth-order valence-corrected chi connectivity index (χ4v) is 2.06. The van der Waals surface area contributed by atoms with Crippen LogP contribution in [0.2, 0.25) is 0 Å². The van der Waals surface area contributed by atoms with Crippen LogP contribution in [0.25, 0.3) is 0 Å². The minimum absolute atomic E-state index is 0.149. The maximum Gasteiger partial charge on any atom is 0.337 e. The number of likely N-dealkylation sites (N-methyl/N-ethyl adjacent to an activating group) is 1. The van der Waals surface area contributed by atoms with Crippen LogP contribution in [-0.4, -0.2) is 39.7 Å². The van der Waals surface area contributed by atoms with E-state index in [2.05, 4.69) is 18.9 Å². The number of carboxylic acid groups (broad SMARTS) is 1. The highest BCUT2D eigenvalue weighted by atomic mass is 16.4. The molecule has 1 aliphatic rings. The summed E-state index contributed by atoms with van der Waals surface area (Å²) in [5.74, 6) is -1.01. The summed E-state index contributed by atoms with van der Waals surface area (Å²) in [5, 5.41) is 8.92. The Hall–Kier alpha value is -1.62. The van der Waals surface area contributed by atoms with Gasteiger partial charge in [0.25, 0.3) is 5.56 Å². The molecule has 0 spiro atoms. The Kier molecular flexibility index (Phi) is 3.52. The highest BCUT2D eigenvalue weighted by Gasteiger charge is 2.29. The van der Waals surface area contributed by atoms with E-state index in [1.165, 1.54) is 35.7 Å². The Bertz CT molecular complexity index is 505. The van der Waals surface area contributed by atoms with Crippen molar-refractivity contribution in [3.05, 3.63) is 34.2 Å². The Labute approximate surface area is 106 Å². The summed E-state index contributed by atoms with van der Waals surface area (Å²) in [4.78, 5) is 24.8. The number of rotatable bonds is 5. The van der Waals surface area contributed by atoms with E-state index in [4.69, 9.17) is 5.11 Å². The zero-order chi connectivity index (χ0) is 13.3. The van der Waals surface area contributed by atoms with Crippen molar-refractivity contribution in [3.63, 3.8) is 0 Å². The van der Waals surface area contributed by atoms with E-state index in [-0.39, 0.29) is 17.2 Å². The van der Waals surface area contributed by atoms with Gasteiger partial charge in [0, 0.05) is 30.9 Å². The number of hydrogen-bond acceptors (Lipinski definition) is 3. The molecular weight excluding hydrogens is 232 g/mol. The minimum Gasteiger partial charge on any atom is -0.478 e. The molecule has 0 aliphatic heterocycles. The summed E-state index contributed by atoms with van der Waals surface area (Å²) in [6, 6.07) is 3.50. The third-order valence-corrected chi connectivity index (χ3v) is 3.51. The molecule has 5 nitrogen and oxygen atoms in total. The van der Waals surface area contributed by atoms with Crippen molar-refractivity contribution in [2.45, 2.75) is 38.4 Å². The van der Waals surface area contributed by atoms with Gasteiger partial charge in [-0.25, -0.2) is 4.79 Å². The fourth-order valence-electron chi connectivity index (χ4n) is 2.06. The second-order valence-electron chi connectivity index (χ2n) is 4.96. The summed E-state index contributed by atoms with van der Waals surface area (Å²) < 4.78 is 1.48. The molecule has 1 atom stereocenters. The topological polar surface area (TPSA) is 62.5 Å².